The number of carbonyl (C=O) groups excluding carboxylic acids is 1. The second-order valence-corrected chi connectivity index (χ2v) is 4.53. The lowest BCUT2D eigenvalue weighted by molar-refractivity contribution is 0.103. The first-order valence-electron chi connectivity index (χ1n) is 6.02. The van der Waals surface area contributed by atoms with E-state index in [2.05, 4.69) is 6.07 Å². The average Bonchev–Trinajstić information content (AvgIpc) is 2.83. The minimum Gasteiger partial charge on any atom is -0.453 e. The fraction of sp³-hybridized carbons (Fsp3) is 0.429. The Morgan fingerprint density at radius 1 is 1.50 bits per heavy atom. The molecule has 4 heteroatoms. The molecule has 0 saturated carbocycles. The van der Waals surface area contributed by atoms with Gasteiger partial charge in [-0.05, 0) is 18.4 Å². The van der Waals surface area contributed by atoms with Crippen LogP contribution in [0.15, 0.2) is 30.3 Å². The van der Waals surface area contributed by atoms with Gasteiger partial charge in [0.1, 0.15) is 5.54 Å². The normalized spacial score (nSPS) is 22.6. The molecule has 0 bridgehead atoms. The Hall–Kier alpha value is -2.02. The number of carbonyl (C=O) groups is 1. The predicted molar refractivity (Wildman–Crippen MR) is 66.8 cm³/mol. The maximum absolute atomic E-state index is 11.7. The standard InChI is InChI=1S/C14H16N2O2/c1-18-13(17)16-9-5-8-14(16,11-15)10-12-6-3-2-4-7-12/h2-4,6-7H,5,8-10H2,1H3. The van der Waals surface area contributed by atoms with Crippen molar-refractivity contribution < 1.29 is 9.53 Å². The summed E-state index contributed by atoms with van der Waals surface area (Å²) in [4.78, 5) is 13.3. The van der Waals surface area contributed by atoms with E-state index in [0.717, 1.165) is 12.0 Å². The number of ether oxygens (including phenoxy) is 1. The van der Waals surface area contributed by atoms with Crippen molar-refractivity contribution in [3.05, 3.63) is 35.9 Å². The van der Waals surface area contributed by atoms with Gasteiger partial charge in [-0.2, -0.15) is 5.26 Å². The lowest BCUT2D eigenvalue weighted by atomic mass is 9.90. The Kier molecular flexibility index (Phi) is 3.52. The highest BCUT2D eigenvalue weighted by atomic mass is 16.5. The summed E-state index contributed by atoms with van der Waals surface area (Å²) in [5.41, 5.74) is 0.309. The maximum atomic E-state index is 11.7. The van der Waals surface area contributed by atoms with E-state index in [-0.39, 0.29) is 0 Å². The zero-order chi connectivity index (χ0) is 13.0. The third-order valence-corrected chi connectivity index (χ3v) is 3.43. The van der Waals surface area contributed by atoms with E-state index in [1.165, 1.54) is 7.11 Å². The number of hydrogen-bond acceptors (Lipinski definition) is 3. The molecule has 1 aliphatic heterocycles. The smallest absolute Gasteiger partial charge is 0.410 e. The van der Waals surface area contributed by atoms with Crippen LogP contribution in [-0.2, 0) is 11.2 Å². The van der Waals surface area contributed by atoms with E-state index < -0.39 is 11.6 Å². The SMILES string of the molecule is COC(=O)N1CCCC1(C#N)Cc1ccccc1. The molecule has 0 spiro atoms. The van der Waals surface area contributed by atoms with Crippen LogP contribution in [0.3, 0.4) is 0 Å². The summed E-state index contributed by atoms with van der Waals surface area (Å²) in [6, 6.07) is 12.1. The molecule has 1 aromatic carbocycles. The molecule has 0 radical (unpaired) electrons. The van der Waals surface area contributed by atoms with Gasteiger partial charge in [0, 0.05) is 13.0 Å². The van der Waals surface area contributed by atoms with Crippen LogP contribution in [0.5, 0.6) is 0 Å². The molecule has 4 nitrogen and oxygen atoms in total. The monoisotopic (exact) mass is 244 g/mol. The van der Waals surface area contributed by atoms with Crippen molar-refractivity contribution in [1.82, 2.24) is 4.90 Å². The third kappa shape index (κ3) is 2.17. The number of benzene rings is 1. The van der Waals surface area contributed by atoms with Crippen molar-refractivity contribution in [3.63, 3.8) is 0 Å². The quantitative estimate of drug-likeness (QED) is 0.802. The predicted octanol–water partition coefficient (Wildman–Crippen LogP) is 2.35. The van der Waals surface area contributed by atoms with Crippen molar-refractivity contribution in [2.45, 2.75) is 24.8 Å². The average molecular weight is 244 g/mol. The Labute approximate surface area is 107 Å². The summed E-state index contributed by atoms with van der Waals surface area (Å²) >= 11 is 0. The summed E-state index contributed by atoms with van der Waals surface area (Å²) in [5.74, 6) is 0. The first kappa shape index (κ1) is 12.4. The van der Waals surface area contributed by atoms with Gasteiger partial charge in [-0.15, -0.1) is 0 Å². The number of nitrogens with zero attached hydrogens (tertiary/aromatic N) is 2. The Morgan fingerprint density at radius 2 is 2.22 bits per heavy atom. The minimum atomic E-state index is -0.756. The van der Waals surface area contributed by atoms with Crippen molar-refractivity contribution in [3.8, 4) is 6.07 Å². The lowest BCUT2D eigenvalue weighted by Crippen LogP contribution is -2.47. The summed E-state index contributed by atoms with van der Waals surface area (Å²) in [6.45, 7) is 0.590. The molecule has 0 N–H and O–H groups in total. The molecular weight excluding hydrogens is 228 g/mol. The van der Waals surface area contributed by atoms with Crippen LogP contribution in [0, 0.1) is 11.3 Å². The van der Waals surface area contributed by atoms with E-state index in [4.69, 9.17) is 4.74 Å². The van der Waals surface area contributed by atoms with Crippen molar-refractivity contribution in [2.24, 2.45) is 0 Å². The zero-order valence-corrected chi connectivity index (χ0v) is 10.4. The second-order valence-electron chi connectivity index (χ2n) is 4.53. The van der Waals surface area contributed by atoms with Gasteiger partial charge in [0.05, 0.1) is 13.2 Å². The largest absolute Gasteiger partial charge is 0.453 e. The van der Waals surface area contributed by atoms with E-state index in [1.54, 1.807) is 4.90 Å². The van der Waals surface area contributed by atoms with Gasteiger partial charge in [0.25, 0.3) is 0 Å². The molecule has 1 heterocycles. The first-order chi connectivity index (χ1) is 8.72. The Balaban J connectivity index is 2.25. The van der Waals surface area contributed by atoms with Crippen LogP contribution in [0.2, 0.25) is 0 Å². The van der Waals surface area contributed by atoms with Crippen molar-refractivity contribution >= 4 is 6.09 Å². The minimum absolute atomic E-state index is 0.412. The fourth-order valence-electron chi connectivity index (χ4n) is 2.53. The van der Waals surface area contributed by atoms with Crippen LogP contribution >= 0.6 is 0 Å². The van der Waals surface area contributed by atoms with E-state index in [1.807, 2.05) is 30.3 Å². The molecule has 18 heavy (non-hydrogen) atoms. The first-order valence-corrected chi connectivity index (χ1v) is 6.02. The molecule has 0 aliphatic carbocycles. The fourth-order valence-corrected chi connectivity index (χ4v) is 2.53. The Morgan fingerprint density at radius 3 is 2.83 bits per heavy atom. The van der Waals surface area contributed by atoms with Gasteiger partial charge in [0.2, 0.25) is 0 Å². The van der Waals surface area contributed by atoms with E-state index in [0.29, 0.717) is 19.4 Å². The summed E-state index contributed by atoms with van der Waals surface area (Å²) in [6.07, 6.45) is 1.69. The molecule has 1 atom stereocenters. The molecule has 1 saturated heterocycles. The van der Waals surface area contributed by atoms with E-state index in [9.17, 15) is 10.1 Å². The molecular formula is C14H16N2O2. The van der Waals surface area contributed by atoms with Crippen LogP contribution in [0.1, 0.15) is 18.4 Å². The summed E-state index contributed by atoms with van der Waals surface area (Å²) in [5, 5.41) is 9.49. The molecule has 1 unspecified atom stereocenters. The molecule has 1 amide bonds. The Bertz CT molecular complexity index is 466. The topological polar surface area (TPSA) is 53.3 Å². The van der Waals surface area contributed by atoms with Crippen LogP contribution in [0.4, 0.5) is 4.79 Å². The van der Waals surface area contributed by atoms with Gasteiger partial charge in [-0.3, -0.25) is 4.90 Å². The maximum Gasteiger partial charge on any atom is 0.410 e. The van der Waals surface area contributed by atoms with Crippen LogP contribution in [-0.4, -0.2) is 30.2 Å². The summed E-state index contributed by atoms with van der Waals surface area (Å²) < 4.78 is 4.76. The van der Waals surface area contributed by atoms with Crippen molar-refractivity contribution in [2.75, 3.05) is 13.7 Å². The molecule has 1 aliphatic rings. The lowest BCUT2D eigenvalue weighted by Gasteiger charge is -2.31. The number of likely N-dealkylation sites (tertiary alicyclic amines) is 1. The summed E-state index contributed by atoms with van der Waals surface area (Å²) in [7, 11) is 1.35. The number of methoxy groups -OCH3 is 1. The van der Waals surface area contributed by atoms with Gasteiger partial charge in [0.15, 0.2) is 0 Å². The number of nitriles is 1. The molecule has 1 aromatic rings. The van der Waals surface area contributed by atoms with Crippen molar-refractivity contribution in [1.29, 1.82) is 5.26 Å². The number of amides is 1. The van der Waals surface area contributed by atoms with Crippen LogP contribution in [0.25, 0.3) is 0 Å². The second kappa shape index (κ2) is 5.09. The third-order valence-electron chi connectivity index (χ3n) is 3.43. The van der Waals surface area contributed by atoms with Gasteiger partial charge in [-0.25, -0.2) is 4.79 Å². The van der Waals surface area contributed by atoms with Crippen LogP contribution < -0.4 is 0 Å². The highest BCUT2D eigenvalue weighted by Crippen LogP contribution is 2.32. The molecule has 94 valence electrons. The highest BCUT2D eigenvalue weighted by Gasteiger charge is 2.44. The number of rotatable bonds is 2. The molecule has 1 fully saturated rings. The van der Waals surface area contributed by atoms with Gasteiger partial charge < -0.3 is 4.74 Å². The highest BCUT2D eigenvalue weighted by molar-refractivity contribution is 5.70. The van der Waals surface area contributed by atoms with Gasteiger partial charge in [-0.1, -0.05) is 30.3 Å². The number of hydrogen-bond donors (Lipinski definition) is 0. The van der Waals surface area contributed by atoms with E-state index >= 15 is 0 Å². The molecule has 0 aromatic heterocycles. The van der Waals surface area contributed by atoms with Gasteiger partial charge >= 0.3 is 6.09 Å². The zero-order valence-electron chi connectivity index (χ0n) is 10.4. The molecule has 2 rings (SSSR count).